The molecule has 2 aromatic carbocycles. The first kappa shape index (κ1) is 22.4. The fourth-order valence-corrected chi connectivity index (χ4v) is 4.76. The number of amides is 1. The zero-order chi connectivity index (χ0) is 23.0. The number of benzene rings is 2. The Labute approximate surface area is 191 Å². The third-order valence-electron chi connectivity index (χ3n) is 5.64. The van der Waals surface area contributed by atoms with Crippen LogP contribution in [-0.4, -0.2) is 38.1 Å². The molecule has 0 aliphatic heterocycles. The fourth-order valence-electron chi connectivity index (χ4n) is 3.95. The van der Waals surface area contributed by atoms with Crippen LogP contribution in [0.25, 0.3) is 10.9 Å². The molecule has 4 rings (SSSR count). The number of aromatic amines is 1. The van der Waals surface area contributed by atoms with Crippen LogP contribution in [-0.2, 0) is 32.2 Å². The maximum Gasteiger partial charge on any atom is 0.338 e. The van der Waals surface area contributed by atoms with Crippen LogP contribution in [0.2, 0.25) is 5.02 Å². The smallest absolute Gasteiger partial charge is 0.338 e. The number of aryl methyl sites for hydroxylation is 1. The Hall–Kier alpha value is -2.84. The minimum absolute atomic E-state index is 0.0200. The van der Waals surface area contributed by atoms with Crippen LogP contribution < -0.4 is 5.32 Å². The highest BCUT2D eigenvalue weighted by Crippen LogP contribution is 2.32. The molecule has 1 amide bonds. The number of anilines is 1. The zero-order valence-electron chi connectivity index (χ0n) is 17.7. The van der Waals surface area contributed by atoms with Gasteiger partial charge in [0.25, 0.3) is 5.91 Å². The van der Waals surface area contributed by atoms with Crippen LogP contribution in [0.4, 0.5) is 5.69 Å². The minimum Gasteiger partial charge on any atom is -0.452 e. The average molecular weight is 475 g/mol. The van der Waals surface area contributed by atoms with Gasteiger partial charge in [0, 0.05) is 22.9 Å². The van der Waals surface area contributed by atoms with Gasteiger partial charge < -0.3 is 15.0 Å². The Morgan fingerprint density at radius 1 is 1.22 bits per heavy atom. The molecule has 0 unspecified atom stereocenters. The second-order valence-corrected chi connectivity index (χ2v) is 10.7. The minimum atomic E-state index is -3.46. The molecule has 3 aromatic rings. The van der Waals surface area contributed by atoms with Gasteiger partial charge in [0.1, 0.15) is 0 Å². The normalized spacial score (nSPS) is 15.9. The van der Waals surface area contributed by atoms with Gasteiger partial charge in [0.05, 0.1) is 21.2 Å². The molecule has 1 atom stereocenters. The molecular formula is C23H23ClN2O5S. The summed E-state index contributed by atoms with van der Waals surface area (Å²) >= 11 is 6.04. The summed E-state index contributed by atoms with van der Waals surface area (Å²) in [5.41, 5.74) is 3.94. The molecule has 0 fully saturated rings. The van der Waals surface area contributed by atoms with E-state index in [9.17, 15) is 18.0 Å². The molecule has 1 aliphatic carbocycles. The summed E-state index contributed by atoms with van der Waals surface area (Å²) < 4.78 is 28.6. The first-order valence-corrected chi connectivity index (χ1v) is 12.5. The van der Waals surface area contributed by atoms with E-state index in [4.69, 9.17) is 16.3 Å². The molecule has 32 heavy (non-hydrogen) atoms. The molecule has 9 heteroatoms. The molecule has 0 saturated heterocycles. The predicted octanol–water partition coefficient (Wildman–Crippen LogP) is 4.15. The molecule has 7 nitrogen and oxygen atoms in total. The van der Waals surface area contributed by atoms with E-state index in [0.29, 0.717) is 11.5 Å². The van der Waals surface area contributed by atoms with Crippen molar-refractivity contribution in [1.29, 1.82) is 0 Å². The van der Waals surface area contributed by atoms with Crippen molar-refractivity contribution in [3.8, 4) is 0 Å². The van der Waals surface area contributed by atoms with Gasteiger partial charge >= 0.3 is 5.97 Å². The summed E-state index contributed by atoms with van der Waals surface area (Å²) in [7, 11) is -3.46. The van der Waals surface area contributed by atoms with Crippen LogP contribution >= 0.6 is 11.6 Å². The van der Waals surface area contributed by atoms with E-state index in [2.05, 4.69) is 17.2 Å². The topological polar surface area (TPSA) is 105 Å². The number of fused-ring (bicyclic) bond motifs is 3. The lowest BCUT2D eigenvalue weighted by molar-refractivity contribution is -0.119. The standard InChI is InChI=1S/C23H23ClN2O5S/c1-13-3-7-19-16(9-13)17-10-14(4-8-20(17)25-19)23(28)31-12-22(27)26-21-11-15(32(2,29)30)5-6-18(21)24/h4-6,8,10-11,13,25H,3,7,9,12H2,1-2H3,(H,26,27)/t13-/m1/s1. The number of ether oxygens (including phenoxy) is 1. The number of rotatable bonds is 5. The maximum atomic E-state index is 12.5. The monoisotopic (exact) mass is 474 g/mol. The van der Waals surface area contributed by atoms with Crippen molar-refractivity contribution in [2.45, 2.75) is 31.1 Å². The van der Waals surface area contributed by atoms with Gasteiger partial charge in [-0.1, -0.05) is 18.5 Å². The number of H-pyrrole nitrogens is 1. The van der Waals surface area contributed by atoms with E-state index in [1.54, 1.807) is 12.1 Å². The lowest BCUT2D eigenvalue weighted by atomic mass is 9.87. The first-order valence-electron chi connectivity index (χ1n) is 10.2. The van der Waals surface area contributed by atoms with Crippen LogP contribution in [0, 0.1) is 5.92 Å². The summed E-state index contributed by atoms with van der Waals surface area (Å²) in [6.07, 6.45) is 4.15. The van der Waals surface area contributed by atoms with Gasteiger partial charge in [-0.3, -0.25) is 4.79 Å². The number of sulfone groups is 1. The van der Waals surface area contributed by atoms with Crippen LogP contribution in [0.3, 0.4) is 0 Å². The van der Waals surface area contributed by atoms with E-state index in [-0.39, 0.29) is 15.6 Å². The second-order valence-electron chi connectivity index (χ2n) is 8.23. The van der Waals surface area contributed by atoms with E-state index >= 15 is 0 Å². The van der Waals surface area contributed by atoms with Crippen molar-refractivity contribution in [2.75, 3.05) is 18.2 Å². The number of hydrogen-bond acceptors (Lipinski definition) is 5. The third kappa shape index (κ3) is 4.66. The van der Waals surface area contributed by atoms with Crippen molar-refractivity contribution in [1.82, 2.24) is 4.98 Å². The lowest BCUT2D eigenvalue weighted by Gasteiger charge is -2.18. The summed E-state index contributed by atoms with van der Waals surface area (Å²) in [5.74, 6) is -0.648. The number of carbonyl (C=O) groups is 2. The highest BCUT2D eigenvalue weighted by Gasteiger charge is 2.21. The van der Waals surface area contributed by atoms with Crippen molar-refractivity contribution in [3.63, 3.8) is 0 Å². The molecule has 2 N–H and O–H groups in total. The molecule has 1 heterocycles. The Bertz CT molecular complexity index is 1330. The highest BCUT2D eigenvalue weighted by atomic mass is 35.5. The highest BCUT2D eigenvalue weighted by molar-refractivity contribution is 7.90. The SMILES string of the molecule is C[C@@H]1CCc2[nH]c3ccc(C(=O)OCC(=O)Nc4cc(S(C)(=O)=O)ccc4Cl)cc3c2C1. The van der Waals surface area contributed by atoms with Gasteiger partial charge in [0.15, 0.2) is 16.4 Å². The van der Waals surface area contributed by atoms with Gasteiger partial charge in [-0.05, 0) is 67.1 Å². The largest absolute Gasteiger partial charge is 0.452 e. The number of carbonyl (C=O) groups excluding carboxylic acids is 2. The molecular weight excluding hydrogens is 452 g/mol. The van der Waals surface area contributed by atoms with Crippen molar-refractivity contribution < 1.29 is 22.7 Å². The molecule has 1 aliphatic rings. The van der Waals surface area contributed by atoms with Crippen molar-refractivity contribution in [3.05, 3.63) is 58.2 Å². The Balaban J connectivity index is 1.44. The average Bonchev–Trinajstić information content (AvgIpc) is 3.10. The summed E-state index contributed by atoms with van der Waals surface area (Å²) in [5, 5.41) is 3.67. The van der Waals surface area contributed by atoms with Gasteiger partial charge in [-0.2, -0.15) is 0 Å². The summed E-state index contributed by atoms with van der Waals surface area (Å²) in [6, 6.07) is 9.32. The van der Waals surface area contributed by atoms with Crippen LogP contribution in [0.1, 0.15) is 35.0 Å². The number of hydrogen-bond donors (Lipinski definition) is 2. The molecule has 1 aromatic heterocycles. The molecule has 168 valence electrons. The Morgan fingerprint density at radius 3 is 2.75 bits per heavy atom. The van der Waals surface area contributed by atoms with E-state index in [0.717, 1.165) is 36.4 Å². The molecule has 0 saturated carbocycles. The van der Waals surface area contributed by atoms with Gasteiger partial charge in [-0.15, -0.1) is 0 Å². The van der Waals surface area contributed by atoms with Crippen molar-refractivity contribution >= 4 is 49.9 Å². The number of esters is 1. The van der Waals surface area contributed by atoms with Gasteiger partial charge in [-0.25, -0.2) is 13.2 Å². The zero-order valence-corrected chi connectivity index (χ0v) is 19.3. The second kappa shape index (κ2) is 8.60. The third-order valence-corrected chi connectivity index (χ3v) is 7.08. The van der Waals surface area contributed by atoms with Crippen molar-refractivity contribution in [2.24, 2.45) is 5.92 Å². The first-order chi connectivity index (χ1) is 15.1. The quantitative estimate of drug-likeness (QED) is 0.540. The van der Waals surface area contributed by atoms with Crippen LogP contribution in [0.5, 0.6) is 0 Å². The molecule has 0 radical (unpaired) electrons. The maximum absolute atomic E-state index is 12.5. The lowest BCUT2D eigenvalue weighted by Crippen LogP contribution is -2.21. The van der Waals surface area contributed by atoms with Crippen LogP contribution in [0.15, 0.2) is 41.3 Å². The number of aromatic nitrogens is 1. The summed E-state index contributed by atoms with van der Waals surface area (Å²) in [4.78, 5) is 28.2. The summed E-state index contributed by atoms with van der Waals surface area (Å²) in [6.45, 7) is 1.69. The molecule has 0 spiro atoms. The number of nitrogens with one attached hydrogen (secondary N) is 2. The van der Waals surface area contributed by atoms with E-state index in [1.807, 2.05) is 6.07 Å². The van der Waals surface area contributed by atoms with E-state index < -0.39 is 28.3 Å². The predicted molar refractivity (Wildman–Crippen MR) is 123 cm³/mol. The Kier molecular flexibility index (Phi) is 6.01. The van der Waals surface area contributed by atoms with E-state index in [1.165, 1.54) is 29.5 Å². The fraction of sp³-hybridized carbons (Fsp3) is 0.304. The molecule has 0 bridgehead atoms. The Morgan fingerprint density at radius 2 is 2.00 bits per heavy atom. The number of halogens is 1. The van der Waals surface area contributed by atoms with Gasteiger partial charge in [0.2, 0.25) is 0 Å².